The predicted octanol–water partition coefficient (Wildman–Crippen LogP) is 3.72. The van der Waals surface area contributed by atoms with Crippen LogP contribution in [0.2, 0.25) is 0 Å². The fourth-order valence-electron chi connectivity index (χ4n) is 2.28. The van der Waals surface area contributed by atoms with Crippen LogP contribution >= 0.6 is 11.3 Å². The summed E-state index contributed by atoms with van der Waals surface area (Å²) in [5, 5.41) is 1.69. The number of hydrogen-bond acceptors (Lipinski definition) is 3. The molecule has 3 aromatic rings. The lowest BCUT2D eigenvalue weighted by Crippen LogP contribution is -1.83. The first-order valence-corrected chi connectivity index (χ1v) is 6.52. The van der Waals surface area contributed by atoms with Gasteiger partial charge >= 0.3 is 0 Å². The molecule has 0 atom stereocenters. The Morgan fingerprint density at radius 2 is 2.06 bits per heavy atom. The molecule has 0 saturated heterocycles. The summed E-state index contributed by atoms with van der Waals surface area (Å²) in [6.07, 6.45) is 0.811. The van der Waals surface area contributed by atoms with Gasteiger partial charge in [0.25, 0.3) is 0 Å². The van der Waals surface area contributed by atoms with Crippen LogP contribution in [0.15, 0.2) is 24.3 Å². The quantitative estimate of drug-likeness (QED) is 0.710. The zero-order chi connectivity index (χ0) is 12.7. The Kier molecular flexibility index (Phi) is 2.52. The van der Waals surface area contributed by atoms with E-state index in [1.165, 1.54) is 11.3 Å². The Morgan fingerprint density at radius 1 is 1.28 bits per heavy atom. The third kappa shape index (κ3) is 1.57. The summed E-state index contributed by atoms with van der Waals surface area (Å²) in [5.41, 5.74) is 4.21. The fraction of sp³-hybridized carbons (Fsp3) is 0.143. The monoisotopic (exact) mass is 256 g/mol. The van der Waals surface area contributed by atoms with Crippen molar-refractivity contribution in [1.29, 1.82) is 0 Å². The van der Waals surface area contributed by atoms with Crippen molar-refractivity contribution >= 4 is 28.5 Å². The second-order valence-electron chi connectivity index (χ2n) is 4.25. The van der Waals surface area contributed by atoms with Crippen molar-refractivity contribution in [2.45, 2.75) is 13.8 Å². The van der Waals surface area contributed by atoms with Crippen LogP contribution in [-0.4, -0.2) is 16.3 Å². The van der Waals surface area contributed by atoms with Gasteiger partial charge in [0.15, 0.2) is 11.3 Å². The maximum absolute atomic E-state index is 10.8. The molecule has 4 heteroatoms. The van der Waals surface area contributed by atoms with E-state index in [0.717, 1.165) is 39.0 Å². The molecule has 1 N–H and O–H groups in total. The van der Waals surface area contributed by atoms with E-state index in [1.54, 1.807) is 0 Å². The summed E-state index contributed by atoms with van der Waals surface area (Å²) in [6, 6.07) is 8.15. The van der Waals surface area contributed by atoms with Crippen molar-refractivity contribution in [2.75, 3.05) is 0 Å². The molecule has 3 nitrogen and oxygen atoms in total. The zero-order valence-electron chi connectivity index (χ0n) is 10.2. The second-order valence-corrected chi connectivity index (χ2v) is 5.48. The SMILES string of the molecule is Cc1[nH]c2ccccc2c1-c1nc(C=O)sc1C. The van der Waals surface area contributed by atoms with Gasteiger partial charge in [0.2, 0.25) is 0 Å². The molecule has 0 radical (unpaired) electrons. The molecule has 0 saturated carbocycles. The van der Waals surface area contributed by atoms with Gasteiger partial charge in [-0.3, -0.25) is 4.79 Å². The number of hydrogen-bond donors (Lipinski definition) is 1. The number of benzene rings is 1. The smallest absolute Gasteiger partial charge is 0.178 e. The number of H-pyrrole nitrogens is 1. The number of nitrogens with zero attached hydrogens (tertiary/aromatic N) is 1. The largest absolute Gasteiger partial charge is 0.358 e. The Hall–Kier alpha value is -1.94. The molecule has 18 heavy (non-hydrogen) atoms. The predicted molar refractivity (Wildman–Crippen MR) is 74.3 cm³/mol. The van der Waals surface area contributed by atoms with E-state index >= 15 is 0 Å². The number of aldehydes is 1. The fourth-order valence-corrected chi connectivity index (χ4v) is 3.02. The molecular weight excluding hydrogens is 244 g/mol. The molecule has 90 valence electrons. The third-order valence-electron chi connectivity index (χ3n) is 3.04. The van der Waals surface area contributed by atoms with E-state index in [9.17, 15) is 4.79 Å². The van der Waals surface area contributed by atoms with Crippen LogP contribution < -0.4 is 0 Å². The highest BCUT2D eigenvalue weighted by Crippen LogP contribution is 2.35. The van der Waals surface area contributed by atoms with Crippen LogP contribution in [-0.2, 0) is 0 Å². The van der Waals surface area contributed by atoms with Crippen molar-refractivity contribution in [3.05, 3.63) is 39.8 Å². The first kappa shape index (κ1) is 11.2. The van der Waals surface area contributed by atoms with Crippen molar-refractivity contribution in [3.63, 3.8) is 0 Å². The van der Waals surface area contributed by atoms with Crippen LogP contribution in [0.1, 0.15) is 20.4 Å². The maximum atomic E-state index is 10.8. The molecule has 0 aliphatic carbocycles. The first-order valence-electron chi connectivity index (χ1n) is 5.71. The van der Waals surface area contributed by atoms with Gasteiger partial charge in [0.1, 0.15) is 0 Å². The normalized spacial score (nSPS) is 11.0. The highest BCUT2D eigenvalue weighted by Gasteiger charge is 2.16. The second kappa shape index (κ2) is 4.07. The van der Waals surface area contributed by atoms with Crippen LogP contribution in [0.3, 0.4) is 0 Å². The lowest BCUT2D eigenvalue weighted by molar-refractivity contribution is 0.112. The summed E-state index contributed by atoms with van der Waals surface area (Å²) < 4.78 is 0. The minimum Gasteiger partial charge on any atom is -0.358 e. The van der Waals surface area contributed by atoms with Crippen molar-refractivity contribution < 1.29 is 4.79 Å². The summed E-state index contributed by atoms with van der Waals surface area (Å²) in [7, 11) is 0. The summed E-state index contributed by atoms with van der Waals surface area (Å²) in [6.45, 7) is 4.04. The van der Waals surface area contributed by atoms with Gasteiger partial charge in [-0.05, 0) is 19.9 Å². The molecule has 3 rings (SSSR count). The average Bonchev–Trinajstić information content (AvgIpc) is 2.88. The topological polar surface area (TPSA) is 45.8 Å². The highest BCUT2D eigenvalue weighted by atomic mass is 32.1. The van der Waals surface area contributed by atoms with E-state index in [2.05, 4.69) is 16.0 Å². The number of carbonyl (C=O) groups is 1. The van der Waals surface area contributed by atoms with Crippen LogP contribution in [0.5, 0.6) is 0 Å². The van der Waals surface area contributed by atoms with Crippen molar-refractivity contribution in [3.8, 4) is 11.3 Å². The number of para-hydroxylation sites is 1. The molecule has 0 aliphatic heterocycles. The summed E-state index contributed by atoms with van der Waals surface area (Å²) >= 11 is 1.44. The molecule has 0 aliphatic rings. The molecule has 0 unspecified atom stereocenters. The number of aromatic nitrogens is 2. The number of fused-ring (bicyclic) bond motifs is 1. The van der Waals surface area contributed by atoms with Gasteiger partial charge in [-0.25, -0.2) is 4.98 Å². The van der Waals surface area contributed by atoms with Gasteiger partial charge in [0, 0.05) is 27.0 Å². The molecule has 0 fully saturated rings. The summed E-state index contributed by atoms with van der Waals surface area (Å²) in [4.78, 5) is 19.7. The Balaban J connectivity index is 2.33. The van der Waals surface area contributed by atoms with Crippen LogP contribution in [0, 0.1) is 13.8 Å². The minimum absolute atomic E-state index is 0.534. The minimum atomic E-state index is 0.534. The van der Waals surface area contributed by atoms with E-state index in [1.807, 2.05) is 32.0 Å². The van der Waals surface area contributed by atoms with E-state index in [0.29, 0.717) is 5.01 Å². The van der Waals surface area contributed by atoms with Crippen molar-refractivity contribution in [1.82, 2.24) is 9.97 Å². The standard InChI is InChI=1S/C14H12N2OS/c1-8-13(10-5-3-4-6-11(10)15-8)14-9(2)18-12(7-17)16-14/h3-7,15H,1-2H3. The number of carbonyl (C=O) groups excluding carboxylic acids is 1. The first-order chi connectivity index (χ1) is 8.70. The highest BCUT2D eigenvalue weighted by molar-refractivity contribution is 7.13. The number of nitrogens with one attached hydrogen (secondary N) is 1. The Morgan fingerprint density at radius 3 is 2.78 bits per heavy atom. The maximum Gasteiger partial charge on any atom is 0.178 e. The third-order valence-corrected chi connectivity index (χ3v) is 3.94. The van der Waals surface area contributed by atoms with Gasteiger partial charge in [-0.2, -0.15) is 0 Å². The van der Waals surface area contributed by atoms with Gasteiger partial charge in [-0.15, -0.1) is 11.3 Å². The Bertz CT molecular complexity index is 739. The lowest BCUT2D eigenvalue weighted by atomic mass is 10.1. The average molecular weight is 256 g/mol. The van der Waals surface area contributed by atoms with E-state index in [-0.39, 0.29) is 0 Å². The molecule has 0 bridgehead atoms. The van der Waals surface area contributed by atoms with Gasteiger partial charge in [-0.1, -0.05) is 18.2 Å². The van der Waals surface area contributed by atoms with Crippen molar-refractivity contribution in [2.24, 2.45) is 0 Å². The summed E-state index contributed by atoms with van der Waals surface area (Å²) in [5.74, 6) is 0. The zero-order valence-corrected chi connectivity index (χ0v) is 11.0. The number of aromatic amines is 1. The molecule has 2 heterocycles. The van der Waals surface area contributed by atoms with Gasteiger partial charge in [0.05, 0.1) is 5.69 Å². The molecular formula is C14H12N2OS. The number of thiazole rings is 1. The number of aryl methyl sites for hydroxylation is 2. The molecule has 2 aromatic heterocycles. The van der Waals surface area contributed by atoms with Crippen LogP contribution in [0.25, 0.3) is 22.2 Å². The van der Waals surface area contributed by atoms with E-state index in [4.69, 9.17) is 0 Å². The van der Waals surface area contributed by atoms with E-state index < -0.39 is 0 Å². The molecule has 0 spiro atoms. The molecule has 0 amide bonds. The number of rotatable bonds is 2. The lowest BCUT2D eigenvalue weighted by Gasteiger charge is -1.98. The Labute approximate surface area is 108 Å². The van der Waals surface area contributed by atoms with Gasteiger partial charge < -0.3 is 4.98 Å². The molecule has 1 aromatic carbocycles. The van der Waals surface area contributed by atoms with Crippen LogP contribution in [0.4, 0.5) is 0 Å².